The highest BCUT2D eigenvalue weighted by atomic mass is 32.2. The molecule has 2 aliphatic rings. The van der Waals surface area contributed by atoms with Crippen molar-refractivity contribution < 1.29 is 17.9 Å². The van der Waals surface area contributed by atoms with Gasteiger partial charge >= 0.3 is 0 Å². The normalized spacial score (nSPS) is 28.3. The Morgan fingerprint density at radius 2 is 1.96 bits per heavy atom. The van der Waals surface area contributed by atoms with Crippen molar-refractivity contribution in [3.8, 4) is 5.75 Å². The number of nitrogens with zero attached hydrogens (tertiary/aromatic N) is 1. The lowest BCUT2D eigenvalue weighted by Crippen LogP contribution is -2.41. The van der Waals surface area contributed by atoms with Crippen LogP contribution in [0, 0.1) is 11.8 Å². The number of benzene rings is 1. The summed E-state index contributed by atoms with van der Waals surface area (Å²) in [6, 6.07) is 7.40. The van der Waals surface area contributed by atoms with E-state index in [0.717, 1.165) is 17.7 Å². The Morgan fingerprint density at radius 1 is 1.30 bits per heavy atom. The van der Waals surface area contributed by atoms with Gasteiger partial charge in [-0.2, -0.15) is 0 Å². The highest BCUT2D eigenvalue weighted by Crippen LogP contribution is 2.40. The Bertz CT molecular complexity index is 683. The first-order valence-electron chi connectivity index (χ1n) is 8.03. The minimum absolute atomic E-state index is 0.0663. The molecular formula is C17H23NO4S. The van der Waals surface area contributed by atoms with Crippen LogP contribution in [0.4, 0.5) is 0 Å². The monoisotopic (exact) mass is 337 g/mol. The topological polar surface area (TPSA) is 63.7 Å². The molecule has 1 aliphatic heterocycles. The van der Waals surface area contributed by atoms with E-state index in [-0.39, 0.29) is 29.4 Å². The first-order valence-corrected chi connectivity index (χ1v) is 9.85. The molecule has 23 heavy (non-hydrogen) atoms. The number of ether oxygens (including phenoxy) is 1. The van der Waals surface area contributed by atoms with Crippen LogP contribution in [-0.4, -0.2) is 43.9 Å². The van der Waals surface area contributed by atoms with Crippen molar-refractivity contribution in [3.63, 3.8) is 0 Å². The van der Waals surface area contributed by atoms with Crippen molar-refractivity contribution in [1.82, 2.24) is 4.90 Å². The molecule has 3 atom stereocenters. The van der Waals surface area contributed by atoms with Crippen molar-refractivity contribution in [3.05, 3.63) is 29.8 Å². The summed E-state index contributed by atoms with van der Waals surface area (Å²) >= 11 is 0. The Balaban J connectivity index is 1.78. The first kappa shape index (κ1) is 16.3. The fourth-order valence-electron chi connectivity index (χ4n) is 3.21. The summed E-state index contributed by atoms with van der Waals surface area (Å²) in [5.41, 5.74) is 0.997. The predicted octanol–water partition coefficient (Wildman–Crippen LogP) is 1.87. The summed E-state index contributed by atoms with van der Waals surface area (Å²) in [6.07, 6.45) is 1.46. The number of carbonyl (C=O) groups excluding carboxylic acids is 1. The van der Waals surface area contributed by atoms with Crippen LogP contribution in [0.3, 0.4) is 0 Å². The third-order valence-corrected chi connectivity index (χ3v) is 6.62. The number of amides is 1. The zero-order valence-electron chi connectivity index (χ0n) is 13.6. The van der Waals surface area contributed by atoms with Crippen molar-refractivity contribution >= 4 is 15.7 Å². The van der Waals surface area contributed by atoms with Crippen LogP contribution in [0.25, 0.3) is 0 Å². The number of hydrogen-bond donors (Lipinski definition) is 0. The van der Waals surface area contributed by atoms with E-state index in [1.165, 1.54) is 0 Å². The van der Waals surface area contributed by atoms with Gasteiger partial charge in [-0.25, -0.2) is 8.42 Å². The van der Waals surface area contributed by atoms with Gasteiger partial charge in [0, 0.05) is 18.5 Å². The van der Waals surface area contributed by atoms with Crippen LogP contribution in [0.15, 0.2) is 24.3 Å². The van der Waals surface area contributed by atoms with E-state index in [2.05, 4.69) is 6.92 Å². The zero-order valence-corrected chi connectivity index (χ0v) is 14.4. The van der Waals surface area contributed by atoms with Crippen LogP contribution in [0.2, 0.25) is 0 Å². The van der Waals surface area contributed by atoms with Gasteiger partial charge in [0.1, 0.15) is 5.75 Å². The Morgan fingerprint density at radius 3 is 2.43 bits per heavy atom. The zero-order chi connectivity index (χ0) is 16.6. The Hall–Kier alpha value is -1.56. The number of rotatable bonds is 5. The highest BCUT2D eigenvalue weighted by molar-refractivity contribution is 7.91. The average Bonchev–Trinajstić information content (AvgIpc) is 3.15. The quantitative estimate of drug-likeness (QED) is 0.823. The van der Waals surface area contributed by atoms with Crippen LogP contribution >= 0.6 is 0 Å². The summed E-state index contributed by atoms with van der Waals surface area (Å²) in [5, 5.41) is 0. The molecule has 0 bridgehead atoms. The van der Waals surface area contributed by atoms with Gasteiger partial charge in [0.2, 0.25) is 5.91 Å². The molecular weight excluding hydrogens is 314 g/mol. The molecule has 1 aromatic rings. The maximum Gasteiger partial charge on any atom is 0.226 e. The van der Waals surface area contributed by atoms with Crippen molar-refractivity contribution in [2.75, 3.05) is 18.6 Å². The van der Waals surface area contributed by atoms with Crippen molar-refractivity contribution in [2.24, 2.45) is 11.8 Å². The van der Waals surface area contributed by atoms with Crippen LogP contribution in [0.1, 0.15) is 25.3 Å². The van der Waals surface area contributed by atoms with Gasteiger partial charge < -0.3 is 9.64 Å². The molecule has 1 heterocycles. The van der Waals surface area contributed by atoms with Crippen LogP contribution < -0.4 is 4.74 Å². The van der Waals surface area contributed by atoms with Crippen LogP contribution in [0.5, 0.6) is 5.75 Å². The second-order valence-corrected chi connectivity index (χ2v) is 8.92. The number of hydrogen-bond acceptors (Lipinski definition) is 4. The summed E-state index contributed by atoms with van der Waals surface area (Å²) in [7, 11) is -1.40. The molecule has 0 N–H and O–H groups in total. The van der Waals surface area contributed by atoms with Gasteiger partial charge in [-0.05, 0) is 36.5 Å². The maximum atomic E-state index is 12.7. The minimum atomic E-state index is -3.01. The molecule has 1 saturated carbocycles. The maximum absolute atomic E-state index is 12.7. The smallest absolute Gasteiger partial charge is 0.226 e. The summed E-state index contributed by atoms with van der Waals surface area (Å²) in [6.45, 7) is 2.53. The number of methoxy groups -OCH3 is 1. The summed E-state index contributed by atoms with van der Waals surface area (Å²) in [4.78, 5) is 14.5. The first-order chi connectivity index (χ1) is 10.9. The third kappa shape index (κ3) is 3.68. The molecule has 0 radical (unpaired) electrons. The molecule has 3 rings (SSSR count). The fourth-order valence-corrected chi connectivity index (χ4v) is 4.95. The van der Waals surface area contributed by atoms with E-state index in [4.69, 9.17) is 4.74 Å². The Labute approximate surface area is 137 Å². The molecule has 0 unspecified atom stereocenters. The van der Waals surface area contributed by atoms with Crippen molar-refractivity contribution in [1.29, 1.82) is 0 Å². The van der Waals surface area contributed by atoms with E-state index in [1.807, 2.05) is 24.3 Å². The van der Waals surface area contributed by atoms with Crippen molar-refractivity contribution in [2.45, 2.75) is 32.4 Å². The molecule has 0 spiro atoms. The average molecular weight is 337 g/mol. The van der Waals surface area contributed by atoms with Gasteiger partial charge in [0.25, 0.3) is 0 Å². The molecule has 1 aromatic carbocycles. The molecule has 6 heteroatoms. The molecule has 1 saturated heterocycles. The predicted molar refractivity (Wildman–Crippen MR) is 87.9 cm³/mol. The molecule has 2 fully saturated rings. The molecule has 0 aromatic heterocycles. The minimum Gasteiger partial charge on any atom is -0.497 e. The van der Waals surface area contributed by atoms with Gasteiger partial charge in [-0.1, -0.05) is 19.1 Å². The second-order valence-electron chi connectivity index (χ2n) is 6.69. The largest absolute Gasteiger partial charge is 0.497 e. The van der Waals surface area contributed by atoms with E-state index in [1.54, 1.807) is 12.0 Å². The fraction of sp³-hybridized carbons (Fsp3) is 0.588. The van der Waals surface area contributed by atoms with E-state index >= 15 is 0 Å². The number of sulfone groups is 1. The van der Waals surface area contributed by atoms with Gasteiger partial charge in [-0.3, -0.25) is 4.79 Å². The molecule has 5 nitrogen and oxygen atoms in total. The van der Waals surface area contributed by atoms with Gasteiger partial charge in [0.05, 0.1) is 18.6 Å². The highest BCUT2D eigenvalue weighted by Gasteiger charge is 2.44. The van der Waals surface area contributed by atoms with Gasteiger partial charge in [0.15, 0.2) is 9.84 Å². The lowest BCUT2D eigenvalue weighted by Gasteiger charge is -2.29. The summed E-state index contributed by atoms with van der Waals surface area (Å²) < 4.78 is 28.7. The second kappa shape index (κ2) is 6.15. The van der Waals surface area contributed by atoms with E-state index < -0.39 is 9.84 Å². The van der Waals surface area contributed by atoms with E-state index in [9.17, 15) is 13.2 Å². The number of carbonyl (C=O) groups is 1. The standard InChI is InChI=1S/C17H23NO4S/c1-12-9-16(12)17(19)18(14-7-8-23(20,21)11-14)10-13-3-5-15(22-2)6-4-13/h3-6,12,14,16H,7-11H2,1-2H3/t12-,14+,16-/m1/s1. The van der Waals surface area contributed by atoms with Gasteiger partial charge in [-0.15, -0.1) is 0 Å². The van der Waals surface area contributed by atoms with Crippen LogP contribution in [-0.2, 0) is 21.2 Å². The SMILES string of the molecule is COc1ccc(CN(C(=O)[C@@H]2C[C@H]2C)[C@H]2CCS(=O)(=O)C2)cc1. The molecule has 1 aliphatic carbocycles. The third-order valence-electron chi connectivity index (χ3n) is 4.87. The lowest BCUT2D eigenvalue weighted by molar-refractivity contribution is -0.135. The van der Waals surface area contributed by atoms with E-state index in [0.29, 0.717) is 18.9 Å². The summed E-state index contributed by atoms with van der Waals surface area (Å²) in [5.74, 6) is 1.64. The lowest BCUT2D eigenvalue weighted by atomic mass is 10.1. The molecule has 1 amide bonds. The Kier molecular flexibility index (Phi) is 4.36. The molecule has 126 valence electrons.